The Bertz CT molecular complexity index is 1150. The summed E-state index contributed by atoms with van der Waals surface area (Å²) in [5.74, 6) is -3.01. The zero-order valence-electron chi connectivity index (χ0n) is 32.2. The molecule has 4 saturated heterocycles. The molecule has 4 rings (SSSR count). The van der Waals surface area contributed by atoms with Gasteiger partial charge in [-0.3, -0.25) is 9.59 Å². The molecule has 288 valence electrons. The van der Waals surface area contributed by atoms with Crippen molar-refractivity contribution in [2.24, 2.45) is 17.8 Å². The number of esters is 1. The fourth-order valence-electron chi connectivity index (χ4n) is 8.75. The van der Waals surface area contributed by atoms with E-state index in [9.17, 15) is 19.5 Å². The van der Waals surface area contributed by atoms with Crippen LogP contribution in [0, 0.1) is 17.8 Å². The number of carbonyl (C=O) groups excluding carboxylic acids is 3. The van der Waals surface area contributed by atoms with Crippen LogP contribution in [0.1, 0.15) is 93.4 Å². The number of aliphatic hydroxyl groups is 1. The molecule has 0 aromatic heterocycles. The lowest BCUT2D eigenvalue weighted by Gasteiger charge is -2.47. The summed E-state index contributed by atoms with van der Waals surface area (Å²) in [6, 6.07) is -0.946. The normalized spacial score (nSPS) is 43.2. The number of nitrogens with zero attached hydrogens (tertiary/aromatic N) is 2. The van der Waals surface area contributed by atoms with Crippen LogP contribution >= 0.6 is 0 Å². The van der Waals surface area contributed by atoms with Crippen LogP contribution in [0.15, 0.2) is 0 Å². The van der Waals surface area contributed by atoms with Crippen LogP contribution < -0.4 is 10.6 Å². The molecular formula is C37H66N4O9. The number of likely N-dealkylation sites (tertiary alicyclic amines) is 1. The molecule has 0 aliphatic carbocycles. The van der Waals surface area contributed by atoms with E-state index in [1.165, 1.54) is 12.8 Å². The van der Waals surface area contributed by atoms with E-state index in [4.69, 9.17) is 23.7 Å². The summed E-state index contributed by atoms with van der Waals surface area (Å²) in [5.41, 5.74) is -2.16. The summed E-state index contributed by atoms with van der Waals surface area (Å²) in [6.07, 6.45) is 1.89. The van der Waals surface area contributed by atoms with Crippen molar-refractivity contribution in [2.75, 3.05) is 47.4 Å². The zero-order valence-corrected chi connectivity index (χ0v) is 32.2. The standard InChI is InChI=1S/C37H66N4O9/c1-11-28-37(7)31(39-35(45)50-37)25(5)38-20-22(2)19-36(6,46-10)32(23(3)29(42)24(4)33(44)48-28)49-34-30(43)27(40(8)9)18-26(47-34)21-41-16-14-12-13-15-17-41/h22-28,30-32,34,38,43H,11-21H2,1-10H3,(H,39,45)/t22-,23+,24?,25-,26?,27?,28-,30?,31-,32-,34?,36-,37-/m1/s1. The van der Waals surface area contributed by atoms with Crippen LogP contribution in [-0.4, -0.2) is 140 Å². The van der Waals surface area contributed by atoms with E-state index in [-0.39, 0.29) is 29.9 Å². The Kier molecular flexibility index (Phi) is 14.2. The lowest BCUT2D eigenvalue weighted by atomic mass is 9.78. The van der Waals surface area contributed by atoms with Crippen LogP contribution in [0.2, 0.25) is 0 Å². The first-order valence-electron chi connectivity index (χ1n) is 18.9. The number of ether oxygens (including phenoxy) is 5. The molecule has 3 N–H and O–H groups in total. The second kappa shape index (κ2) is 17.3. The molecule has 0 radical (unpaired) electrons. The molecule has 4 aliphatic heterocycles. The van der Waals surface area contributed by atoms with Crippen molar-refractivity contribution in [3.63, 3.8) is 0 Å². The maximum Gasteiger partial charge on any atom is 0.408 e. The molecule has 50 heavy (non-hydrogen) atoms. The fraction of sp³-hybridized carbons (Fsp3) is 0.919. The minimum absolute atomic E-state index is 0.0324. The van der Waals surface area contributed by atoms with Gasteiger partial charge in [-0.25, -0.2) is 4.79 Å². The molecule has 0 bridgehead atoms. The SMILES string of the molecule is CC[C@H]1OC(=O)C(C)C(=O)[C@H](C)[C@@H](OC2OC(CN3CCCCCC3)CC(N(C)C)C2O)[C@](C)(OC)C[C@@H](C)CN[C@H](C)[C@H]2NC(=O)O[C@@]21C. The maximum atomic E-state index is 14.3. The van der Waals surface area contributed by atoms with Gasteiger partial charge >= 0.3 is 12.1 Å². The van der Waals surface area contributed by atoms with E-state index in [0.29, 0.717) is 25.8 Å². The number of fused-ring (bicyclic) bond motifs is 1. The lowest BCUT2D eigenvalue weighted by molar-refractivity contribution is -0.298. The summed E-state index contributed by atoms with van der Waals surface area (Å²) in [7, 11) is 5.51. The maximum absolute atomic E-state index is 14.3. The van der Waals surface area contributed by atoms with E-state index in [1.807, 2.05) is 39.8 Å². The van der Waals surface area contributed by atoms with Gasteiger partial charge in [-0.2, -0.15) is 0 Å². The van der Waals surface area contributed by atoms with Crippen LogP contribution in [0.5, 0.6) is 0 Å². The van der Waals surface area contributed by atoms with Crippen molar-refractivity contribution in [3.8, 4) is 0 Å². The topological polar surface area (TPSA) is 148 Å². The van der Waals surface area contributed by atoms with Crippen molar-refractivity contribution in [1.29, 1.82) is 0 Å². The molecule has 0 aromatic carbocycles. The fourth-order valence-corrected chi connectivity index (χ4v) is 8.75. The molecule has 0 aromatic rings. The highest BCUT2D eigenvalue weighted by Crippen LogP contribution is 2.38. The first-order chi connectivity index (χ1) is 23.5. The number of likely N-dealkylation sites (N-methyl/N-ethyl adjacent to an activating group) is 1. The number of carbonyl (C=O) groups is 3. The van der Waals surface area contributed by atoms with Gasteiger partial charge in [0.2, 0.25) is 0 Å². The van der Waals surface area contributed by atoms with E-state index < -0.39 is 65.7 Å². The smallest absolute Gasteiger partial charge is 0.408 e. The van der Waals surface area contributed by atoms with Crippen LogP contribution in [0.25, 0.3) is 0 Å². The van der Waals surface area contributed by atoms with Crippen LogP contribution in [0.4, 0.5) is 4.79 Å². The number of hydrogen-bond acceptors (Lipinski definition) is 12. The minimum atomic E-state index is -1.15. The lowest BCUT2D eigenvalue weighted by Crippen LogP contribution is -2.60. The number of cyclic esters (lactones) is 1. The number of ketones is 1. The van der Waals surface area contributed by atoms with E-state index in [2.05, 4.69) is 22.5 Å². The minimum Gasteiger partial charge on any atom is -0.458 e. The van der Waals surface area contributed by atoms with Crippen molar-refractivity contribution in [3.05, 3.63) is 0 Å². The third kappa shape index (κ3) is 9.19. The predicted molar refractivity (Wildman–Crippen MR) is 189 cm³/mol. The van der Waals surface area contributed by atoms with Crippen LogP contribution in [-0.2, 0) is 33.3 Å². The third-order valence-electron chi connectivity index (χ3n) is 11.9. The van der Waals surface area contributed by atoms with Gasteiger partial charge in [-0.15, -0.1) is 0 Å². The van der Waals surface area contributed by atoms with Crippen LogP contribution in [0.3, 0.4) is 0 Å². The number of methoxy groups -OCH3 is 1. The number of hydrogen-bond donors (Lipinski definition) is 3. The molecule has 13 heteroatoms. The summed E-state index contributed by atoms with van der Waals surface area (Å²) in [6.45, 7) is 16.3. The van der Waals surface area contributed by atoms with Gasteiger partial charge in [0.25, 0.3) is 0 Å². The molecule has 1 amide bonds. The third-order valence-corrected chi connectivity index (χ3v) is 11.9. The monoisotopic (exact) mass is 710 g/mol. The number of Topliss-reactive ketones (excluding diaryl/α,β-unsaturated/α-hetero) is 1. The Labute approximate surface area is 299 Å². The molecule has 4 aliphatic rings. The second-order valence-corrected chi connectivity index (χ2v) is 16.1. The van der Waals surface area contributed by atoms with Gasteiger partial charge in [0.1, 0.15) is 18.1 Å². The van der Waals surface area contributed by atoms with E-state index in [0.717, 1.165) is 32.5 Å². The van der Waals surface area contributed by atoms with Crippen molar-refractivity contribution in [2.45, 2.75) is 153 Å². The average molecular weight is 711 g/mol. The van der Waals surface area contributed by atoms with Gasteiger partial charge in [0, 0.05) is 31.7 Å². The van der Waals surface area contributed by atoms with Gasteiger partial charge < -0.3 is 49.2 Å². The summed E-state index contributed by atoms with van der Waals surface area (Å²) < 4.78 is 31.5. The first kappa shape index (κ1) is 40.9. The molecule has 13 atom stereocenters. The molecule has 4 fully saturated rings. The largest absolute Gasteiger partial charge is 0.458 e. The molecule has 0 saturated carbocycles. The molecule has 4 heterocycles. The number of nitrogens with one attached hydrogen (secondary N) is 2. The van der Waals surface area contributed by atoms with Gasteiger partial charge in [-0.1, -0.05) is 33.6 Å². The van der Waals surface area contributed by atoms with Crippen molar-refractivity contribution >= 4 is 17.8 Å². The summed E-state index contributed by atoms with van der Waals surface area (Å²) in [4.78, 5) is 45.0. The number of alkyl carbamates (subject to hydrolysis) is 1. The highest BCUT2D eigenvalue weighted by atomic mass is 16.7. The van der Waals surface area contributed by atoms with Gasteiger partial charge in [-0.05, 0) is 99.4 Å². The van der Waals surface area contributed by atoms with E-state index in [1.54, 1.807) is 27.9 Å². The van der Waals surface area contributed by atoms with Gasteiger partial charge in [0.05, 0.1) is 23.9 Å². The first-order valence-corrected chi connectivity index (χ1v) is 18.9. The zero-order chi connectivity index (χ0) is 37.0. The summed E-state index contributed by atoms with van der Waals surface area (Å²) >= 11 is 0. The number of rotatable bonds is 7. The second-order valence-electron chi connectivity index (χ2n) is 16.1. The summed E-state index contributed by atoms with van der Waals surface area (Å²) in [5, 5.41) is 18.2. The Morgan fingerprint density at radius 1 is 1.04 bits per heavy atom. The van der Waals surface area contributed by atoms with E-state index >= 15 is 0 Å². The van der Waals surface area contributed by atoms with Crippen molar-refractivity contribution in [1.82, 2.24) is 20.4 Å². The molecule has 5 unspecified atom stereocenters. The highest BCUT2D eigenvalue weighted by molar-refractivity contribution is 6.00. The highest BCUT2D eigenvalue weighted by Gasteiger charge is 2.55. The molecular weight excluding hydrogens is 644 g/mol. The Morgan fingerprint density at radius 3 is 2.30 bits per heavy atom. The van der Waals surface area contributed by atoms with Crippen molar-refractivity contribution < 1.29 is 43.2 Å². The molecule has 13 nitrogen and oxygen atoms in total. The van der Waals surface area contributed by atoms with Gasteiger partial charge in [0.15, 0.2) is 17.7 Å². The predicted octanol–water partition coefficient (Wildman–Crippen LogP) is 3.11. The Hall–Kier alpha value is -1.87. The molecule has 0 spiro atoms. The number of amides is 1. The Morgan fingerprint density at radius 2 is 1.70 bits per heavy atom. The average Bonchev–Trinajstić information content (AvgIpc) is 3.21. The Balaban J connectivity index is 1.67. The quantitative estimate of drug-likeness (QED) is 0.264. The number of aliphatic hydroxyl groups excluding tert-OH is 1.